The number of nitrogens with one attached hydrogen (secondary N) is 1. The van der Waals surface area contributed by atoms with Crippen LogP contribution in [0.25, 0.3) is 0 Å². The summed E-state index contributed by atoms with van der Waals surface area (Å²) in [6, 6.07) is 1.37. The summed E-state index contributed by atoms with van der Waals surface area (Å²) in [5, 5.41) is 0.646. The van der Waals surface area contributed by atoms with Crippen molar-refractivity contribution >= 4 is 21.4 Å². The highest BCUT2D eigenvalue weighted by Gasteiger charge is 2.34. The number of benzene rings is 1. The first kappa shape index (κ1) is 17.3. The predicted octanol–water partition coefficient (Wildman–Crippen LogP) is 0.472. The first-order valence-corrected chi connectivity index (χ1v) is 7.51. The molecule has 0 fully saturated rings. The molecule has 21 heavy (non-hydrogen) atoms. The van der Waals surface area contributed by atoms with Crippen molar-refractivity contribution in [3.8, 4) is 0 Å². The molecule has 1 aromatic rings. The van der Waals surface area contributed by atoms with Gasteiger partial charge in [0.15, 0.2) is 9.84 Å². The highest BCUT2D eigenvalue weighted by molar-refractivity contribution is 7.92. The molecule has 0 saturated carbocycles. The van der Waals surface area contributed by atoms with Gasteiger partial charge in [0, 0.05) is 19.3 Å². The van der Waals surface area contributed by atoms with Gasteiger partial charge in [-0.05, 0) is 19.1 Å². The van der Waals surface area contributed by atoms with Crippen LogP contribution in [0.15, 0.2) is 17.0 Å². The predicted molar refractivity (Wildman–Crippen MR) is 72.3 cm³/mol. The standard InChI is InChI=1S/C12H16F2N2O4S/c1-7(12(17)16-3-4-20-2)21(18,19)11-9(13)5-8(15)6-10(11)14/h5-7H,3-4,15H2,1-2H3,(H,16,17). The molecule has 118 valence electrons. The van der Waals surface area contributed by atoms with E-state index in [-0.39, 0.29) is 18.8 Å². The smallest absolute Gasteiger partial charge is 0.238 e. The third-order valence-electron chi connectivity index (χ3n) is 2.75. The third kappa shape index (κ3) is 3.88. The summed E-state index contributed by atoms with van der Waals surface area (Å²) >= 11 is 0. The SMILES string of the molecule is COCCNC(=O)C(C)S(=O)(=O)c1c(F)cc(N)cc1F. The van der Waals surface area contributed by atoms with Crippen LogP contribution < -0.4 is 11.1 Å². The van der Waals surface area contributed by atoms with E-state index in [9.17, 15) is 22.0 Å². The Hall–Kier alpha value is -1.74. The van der Waals surface area contributed by atoms with Crippen molar-refractivity contribution < 1.29 is 26.7 Å². The van der Waals surface area contributed by atoms with Crippen LogP contribution in [0.1, 0.15) is 6.92 Å². The second kappa shape index (κ2) is 6.81. The van der Waals surface area contributed by atoms with Gasteiger partial charge >= 0.3 is 0 Å². The second-order valence-electron chi connectivity index (χ2n) is 4.28. The van der Waals surface area contributed by atoms with E-state index in [1.54, 1.807) is 0 Å². The minimum atomic E-state index is -4.51. The summed E-state index contributed by atoms with van der Waals surface area (Å²) in [6.07, 6.45) is 0. The van der Waals surface area contributed by atoms with Gasteiger partial charge in [-0.25, -0.2) is 17.2 Å². The Morgan fingerprint density at radius 1 is 1.38 bits per heavy atom. The van der Waals surface area contributed by atoms with Gasteiger partial charge in [0.05, 0.1) is 6.61 Å². The molecule has 3 N–H and O–H groups in total. The van der Waals surface area contributed by atoms with Gasteiger partial charge in [0.25, 0.3) is 0 Å². The molecule has 0 saturated heterocycles. The Bertz CT molecular complexity index is 611. The second-order valence-corrected chi connectivity index (χ2v) is 6.49. The molecular weight excluding hydrogens is 306 g/mol. The van der Waals surface area contributed by atoms with E-state index in [4.69, 9.17) is 10.5 Å². The zero-order chi connectivity index (χ0) is 16.2. The molecule has 0 bridgehead atoms. The molecular formula is C12H16F2N2O4S. The fourth-order valence-corrected chi connectivity index (χ4v) is 2.97. The van der Waals surface area contributed by atoms with Crippen LogP contribution in [0.5, 0.6) is 0 Å². The number of sulfone groups is 1. The molecule has 6 nitrogen and oxygen atoms in total. The highest BCUT2D eigenvalue weighted by atomic mass is 32.2. The maximum Gasteiger partial charge on any atom is 0.238 e. The lowest BCUT2D eigenvalue weighted by Crippen LogP contribution is -2.39. The largest absolute Gasteiger partial charge is 0.399 e. The maximum absolute atomic E-state index is 13.7. The van der Waals surface area contributed by atoms with Crippen molar-refractivity contribution in [1.29, 1.82) is 0 Å². The van der Waals surface area contributed by atoms with Crippen LogP contribution in [0, 0.1) is 11.6 Å². The Morgan fingerprint density at radius 2 is 1.90 bits per heavy atom. The molecule has 0 aromatic heterocycles. The molecule has 1 aromatic carbocycles. The topological polar surface area (TPSA) is 98.5 Å². The third-order valence-corrected chi connectivity index (χ3v) is 4.85. The van der Waals surface area contributed by atoms with E-state index >= 15 is 0 Å². The fraction of sp³-hybridized carbons (Fsp3) is 0.417. The van der Waals surface area contributed by atoms with Gasteiger partial charge in [-0.3, -0.25) is 4.79 Å². The number of methoxy groups -OCH3 is 1. The van der Waals surface area contributed by atoms with Crippen molar-refractivity contribution in [2.75, 3.05) is 26.0 Å². The quantitative estimate of drug-likeness (QED) is 0.586. The summed E-state index contributed by atoms with van der Waals surface area (Å²) in [5.74, 6) is -3.53. The van der Waals surface area contributed by atoms with Crippen molar-refractivity contribution in [2.24, 2.45) is 0 Å². The summed E-state index contributed by atoms with van der Waals surface area (Å²) in [5.41, 5.74) is 4.97. The maximum atomic E-state index is 13.7. The van der Waals surface area contributed by atoms with Gasteiger partial charge < -0.3 is 15.8 Å². The van der Waals surface area contributed by atoms with E-state index in [2.05, 4.69) is 5.32 Å². The van der Waals surface area contributed by atoms with Gasteiger partial charge in [0.2, 0.25) is 5.91 Å². The molecule has 0 radical (unpaired) electrons. The Balaban J connectivity index is 3.08. The number of carbonyl (C=O) groups excluding carboxylic acids is 1. The van der Waals surface area contributed by atoms with Crippen molar-refractivity contribution in [2.45, 2.75) is 17.1 Å². The van der Waals surface area contributed by atoms with Gasteiger partial charge in [-0.15, -0.1) is 0 Å². The van der Waals surface area contributed by atoms with Crippen molar-refractivity contribution in [3.63, 3.8) is 0 Å². The van der Waals surface area contributed by atoms with E-state index in [1.807, 2.05) is 0 Å². The van der Waals surface area contributed by atoms with E-state index in [1.165, 1.54) is 7.11 Å². The van der Waals surface area contributed by atoms with Gasteiger partial charge in [-0.2, -0.15) is 0 Å². The molecule has 1 unspecified atom stereocenters. The summed E-state index contributed by atoms with van der Waals surface area (Å²) < 4.78 is 56.4. The van der Waals surface area contributed by atoms with Crippen LogP contribution in [0.3, 0.4) is 0 Å². The van der Waals surface area contributed by atoms with E-state index in [0.717, 1.165) is 6.92 Å². The van der Waals surface area contributed by atoms with Crippen LogP contribution in [0.2, 0.25) is 0 Å². The monoisotopic (exact) mass is 322 g/mol. The van der Waals surface area contributed by atoms with Crippen LogP contribution in [-0.2, 0) is 19.4 Å². The summed E-state index contributed by atoms with van der Waals surface area (Å²) in [4.78, 5) is 10.6. The zero-order valence-corrected chi connectivity index (χ0v) is 12.3. The molecule has 0 heterocycles. The molecule has 1 rings (SSSR count). The number of anilines is 1. The van der Waals surface area contributed by atoms with Crippen LogP contribution in [-0.4, -0.2) is 39.8 Å². The van der Waals surface area contributed by atoms with Gasteiger partial charge in [0.1, 0.15) is 21.8 Å². The molecule has 1 amide bonds. The Morgan fingerprint density at radius 3 is 2.38 bits per heavy atom. The Kier molecular flexibility index (Phi) is 5.62. The number of amides is 1. The number of ether oxygens (including phenoxy) is 1. The highest BCUT2D eigenvalue weighted by Crippen LogP contribution is 2.25. The molecule has 0 aliphatic heterocycles. The summed E-state index contributed by atoms with van der Waals surface area (Å²) in [6.45, 7) is 1.32. The molecule has 0 spiro atoms. The molecule has 1 atom stereocenters. The van der Waals surface area contributed by atoms with E-state index in [0.29, 0.717) is 12.1 Å². The number of hydrogen-bond acceptors (Lipinski definition) is 5. The lowest BCUT2D eigenvalue weighted by Gasteiger charge is -2.14. The molecule has 0 aliphatic rings. The minimum absolute atomic E-state index is 0.0852. The molecule has 9 heteroatoms. The molecule has 0 aliphatic carbocycles. The lowest BCUT2D eigenvalue weighted by atomic mass is 10.3. The first-order chi connectivity index (χ1) is 9.71. The number of rotatable bonds is 6. The number of hydrogen-bond donors (Lipinski definition) is 2. The summed E-state index contributed by atoms with van der Waals surface area (Å²) in [7, 11) is -3.10. The lowest BCUT2D eigenvalue weighted by molar-refractivity contribution is -0.120. The number of carbonyl (C=O) groups is 1. The number of nitrogen functional groups attached to an aromatic ring is 1. The van der Waals surface area contributed by atoms with Crippen LogP contribution >= 0.6 is 0 Å². The fourth-order valence-electron chi connectivity index (χ4n) is 1.59. The van der Waals surface area contributed by atoms with E-state index < -0.39 is 37.5 Å². The first-order valence-electron chi connectivity index (χ1n) is 5.97. The average molecular weight is 322 g/mol. The zero-order valence-electron chi connectivity index (χ0n) is 11.5. The Labute approximate surface area is 121 Å². The normalized spacial score (nSPS) is 13.0. The number of nitrogens with two attached hydrogens (primary N) is 1. The van der Waals surface area contributed by atoms with Crippen LogP contribution in [0.4, 0.5) is 14.5 Å². The minimum Gasteiger partial charge on any atom is -0.399 e. The van der Waals surface area contributed by atoms with Gasteiger partial charge in [-0.1, -0.05) is 0 Å². The van der Waals surface area contributed by atoms with Crippen molar-refractivity contribution in [3.05, 3.63) is 23.8 Å². The van der Waals surface area contributed by atoms with Crippen molar-refractivity contribution in [1.82, 2.24) is 5.32 Å². The average Bonchev–Trinajstić information content (AvgIpc) is 2.36. The number of halogens is 2.